The lowest BCUT2D eigenvalue weighted by Gasteiger charge is -2.24. The normalized spacial score (nSPS) is 20.9. The van der Waals surface area contributed by atoms with Crippen LogP contribution in [0.2, 0.25) is 0 Å². The van der Waals surface area contributed by atoms with Gasteiger partial charge in [-0.15, -0.1) is 0 Å². The molecule has 1 aromatic carbocycles. The lowest BCUT2D eigenvalue weighted by molar-refractivity contribution is 0.0338. The zero-order valence-corrected chi connectivity index (χ0v) is 13.4. The van der Waals surface area contributed by atoms with Crippen molar-refractivity contribution < 1.29 is 9.53 Å². The van der Waals surface area contributed by atoms with Gasteiger partial charge in [0.1, 0.15) is 5.60 Å². The van der Waals surface area contributed by atoms with Gasteiger partial charge in [0, 0.05) is 42.3 Å². The lowest BCUT2D eigenvalue weighted by atomic mass is 10.1. The Balaban J connectivity index is 1.77. The molecule has 0 spiro atoms. The molecule has 2 N–H and O–H groups in total. The smallest absolute Gasteiger partial charge is 0.414 e. The molecule has 5 nitrogen and oxygen atoms in total. The second-order valence-corrected chi connectivity index (χ2v) is 6.92. The van der Waals surface area contributed by atoms with E-state index in [4.69, 9.17) is 10.5 Å². The third-order valence-corrected chi connectivity index (χ3v) is 3.97. The fraction of sp³-hybridized carbons (Fsp3) is 0.471. The van der Waals surface area contributed by atoms with E-state index < -0.39 is 5.60 Å². The number of carbonyl (C=O) groups excluding carboxylic acids is 1. The number of hydrogen-bond acceptors (Lipinski definition) is 4. The van der Waals surface area contributed by atoms with Gasteiger partial charge in [-0.25, -0.2) is 4.79 Å². The number of nitrogens with zero attached hydrogens (tertiary/aromatic N) is 2. The minimum atomic E-state index is -0.468. The largest absolute Gasteiger partial charge is 0.443 e. The third kappa shape index (κ3) is 2.89. The van der Waals surface area contributed by atoms with E-state index in [1.807, 2.05) is 51.2 Å². The third-order valence-electron chi connectivity index (χ3n) is 3.97. The summed E-state index contributed by atoms with van der Waals surface area (Å²) in [7, 11) is 0. The first-order valence-electron chi connectivity index (χ1n) is 7.68. The first-order valence-corrected chi connectivity index (χ1v) is 7.68. The Kier molecular flexibility index (Phi) is 3.51. The van der Waals surface area contributed by atoms with Crippen LogP contribution < -0.4 is 10.6 Å². The van der Waals surface area contributed by atoms with E-state index in [2.05, 4.69) is 4.90 Å². The number of amides is 1. The summed E-state index contributed by atoms with van der Waals surface area (Å²) in [5.41, 5.74) is 8.35. The van der Waals surface area contributed by atoms with Crippen molar-refractivity contribution >= 4 is 17.5 Å². The summed E-state index contributed by atoms with van der Waals surface area (Å²) in [5.74, 6) is 0.394. The number of carbonyl (C=O) groups is 1. The SMILES string of the molecule is CC(C)(C)OC(=O)N1C=C2C(CCN2c2ccc(N)cc2)C1. The monoisotopic (exact) mass is 301 g/mol. The van der Waals surface area contributed by atoms with Gasteiger partial charge in [0.15, 0.2) is 0 Å². The van der Waals surface area contributed by atoms with Gasteiger partial charge in [-0.05, 0) is 51.5 Å². The molecule has 1 unspecified atom stereocenters. The van der Waals surface area contributed by atoms with Gasteiger partial charge < -0.3 is 15.4 Å². The number of benzene rings is 1. The van der Waals surface area contributed by atoms with E-state index in [0.29, 0.717) is 12.5 Å². The molecule has 22 heavy (non-hydrogen) atoms. The molecule has 1 saturated heterocycles. The summed E-state index contributed by atoms with van der Waals surface area (Å²) in [6, 6.07) is 7.86. The average molecular weight is 301 g/mol. The van der Waals surface area contributed by atoms with E-state index in [1.165, 1.54) is 5.70 Å². The fourth-order valence-electron chi connectivity index (χ4n) is 2.97. The van der Waals surface area contributed by atoms with Gasteiger partial charge in [0.2, 0.25) is 0 Å². The predicted octanol–water partition coefficient (Wildman–Crippen LogP) is 3.19. The van der Waals surface area contributed by atoms with Crippen LogP contribution in [0, 0.1) is 5.92 Å². The van der Waals surface area contributed by atoms with E-state index in [1.54, 1.807) is 4.90 Å². The number of fused-ring (bicyclic) bond motifs is 1. The number of rotatable bonds is 1. The highest BCUT2D eigenvalue weighted by Gasteiger charge is 2.37. The van der Waals surface area contributed by atoms with Crippen molar-refractivity contribution in [2.24, 2.45) is 5.92 Å². The molecule has 0 aliphatic carbocycles. The highest BCUT2D eigenvalue weighted by molar-refractivity contribution is 5.71. The van der Waals surface area contributed by atoms with E-state index in [-0.39, 0.29) is 6.09 Å². The molecular weight excluding hydrogens is 278 g/mol. The molecule has 2 aliphatic heterocycles. The molecule has 1 amide bonds. The van der Waals surface area contributed by atoms with Gasteiger partial charge >= 0.3 is 6.09 Å². The number of nitrogens with two attached hydrogens (primary N) is 1. The molecule has 1 aromatic rings. The molecule has 2 aliphatic rings. The van der Waals surface area contributed by atoms with E-state index in [0.717, 1.165) is 24.3 Å². The number of anilines is 2. The molecule has 0 bridgehead atoms. The maximum absolute atomic E-state index is 12.2. The molecule has 2 heterocycles. The maximum atomic E-state index is 12.2. The fourth-order valence-corrected chi connectivity index (χ4v) is 2.97. The van der Waals surface area contributed by atoms with Crippen LogP contribution in [0.3, 0.4) is 0 Å². The molecule has 5 heteroatoms. The summed E-state index contributed by atoms with van der Waals surface area (Å²) >= 11 is 0. The number of ether oxygens (including phenoxy) is 1. The van der Waals surface area contributed by atoms with Gasteiger partial charge in [-0.3, -0.25) is 4.90 Å². The molecule has 0 saturated carbocycles. The zero-order valence-electron chi connectivity index (χ0n) is 13.4. The predicted molar refractivity (Wildman–Crippen MR) is 87.3 cm³/mol. The first-order chi connectivity index (χ1) is 10.3. The second-order valence-electron chi connectivity index (χ2n) is 6.92. The Bertz CT molecular complexity index is 601. The van der Waals surface area contributed by atoms with Crippen molar-refractivity contribution in [2.75, 3.05) is 23.7 Å². The van der Waals surface area contributed by atoms with Gasteiger partial charge in [-0.2, -0.15) is 0 Å². The molecule has 3 rings (SSSR count). The van der Waals surface area contributed by atoms with Crippen LogP contribution in [0.4, 0.5) is 16.2 Å². The summed E-state index contributed by atoms with van der Waals surface area (Å²) in [4.78, 5) is 16.2. The Morgan fingerprint density at radius 2 is 1.95 bits per heavy atom. The average Bonchev–Trinajstić information content (AvgIpc) is 2.97. The van der Waals surface area contributed by atoms with Crippen LogP contribution >= 0.6 is 0 Å². The van der Waals surface area contributed by atoms with Crippen molar-refractivity contribution in [1.29, 1.82) is 0 Å². The minimum absolute atomic E-state index is 0.272. The first kappa shape index (κ1) is 14.8. The number of nitrogen functional groups attached to an aromatic ring is 1. The lowest BCUT2D eigenvalue weighted by Crippen LogP contribution is -2.33. The quantitative estimate of drug-likeness (QED) is 0.809. The zero-order chi connectivity index (χ0) is 15.9. The van der Waals surface area contributed by atoms with Gasteiger partial charge in [0.25, 0.3) is 0 Å². The highest BCUT2D eigenvalue weighted by atomic mass is 16.6. The van der Waals surface area contributed by atoms with E-state index in [9.17, 15) is 4.79 Å². The van der Waals surface area contributed by atoms with Crippen LogP contribution in [0.1, 0.15) is 27.2 Å². The maximum Gasteiger partial charge on any atom is 0.414 e. The molecule has 1 atom stereocenters. The summed E-state index contributed by atoms with van der Waals surface area (Å²) in [6.45, 7) is 7.33. The summed E-state index contributed by atoms with van der Waals surface area (Å²) in [5, 5.41) is 0. The molecule has 0 radical (unpaired) electrons. The summed E-state index contributed by atoms with van der Waals surface area (Å²) in [6.07, 6.45) is 2.71. The molecule has 1 fully saturated rings. The number of hydrogen-bond donors (Lipinski definition) is 1. The standard InChI is InChI=1S/C17H23N3O2/c1-17(2,3)22-16(21)19-10-12-8-9-20(15(12)11-19)14-6-4-13(18)5-7-14/h4-7,11-12H,8-10,18H2,1-3H3. The molecular formula is C17H23N3O2. The van der Waals surface area contributed by atoms with Crippen molar-refractivity contribution in [3.8, 4) is 0 Å². The van der Waals surface area contributed by atoms with Crippen LogP contribution in [-0.2, 0) is 4.74 Å². The van der Waals surface area contributed by atoms with Crippen LogP contribution in [-0.4, -0.2) is 29.7 Å². The molecule has 0 aromatic heterocycles. The Morgan fingerprint density at radius 3 is 2.59 bits per heavy atom. The summed E-state index contributed by atoms with van der Waals surface area (Å²) < 4.78 is 5.45. The Labute approximate surface area is 131 Å². The van der Waals surface area contributed by atoms with Crippen LogP contribution in [0.25, 0.3) is 0 Å². The molecule has 118 valence electrons. The second kappa shape index (κ2) is 5.23. The minimum Gasteiger partial charge on any atom is -0.443 e. The van der Waals surface area contributed by atoms with Gasteiger partial charge in [-0.1, -0.05) is 0 Å². The topological polar surface area (TPSA) is 58.8 Å². The van der Waals surface area contributed by atoms with Gasteiger partial charge in [0.05, 0.1) is 0 Å². The van der Waals surface area contributed by atoms with Crippen molar-refractivity contribution in [1.82, 2.24) is 4.90 Å². The Hall–Kier alpha value is -2.17. The van der Waals surface area contributed by atoms with Crippen LogP contribution in [0.15, 0.2) is 36.2 Å². The van der Waals surface area contributed by atoms with Crippen LogP contribution in [0.5, 0.6) is 0 Å². The van der Waals surface area contributed by atoms with Crippen molar-refractivity contribution in [3.63, 3.8) is 0 Å². The van der Waals surface area contributed by atoms with Crippen molar-refractivity contribution in [2.45, 2.75) is 32.8 Å². The van der Waals surface area contributed by atoms with Crippen molar-refractivity contribution in [3.05, 3.63) is 36.2 Å². The Morgan fingerprint density at radius 1 is 1.27 bits per heavy atom. The highest BCUT2D eigenvalue weighted by Crippen LogP contribution is 2.38. The van der Waals surface area contributed by atoms with E-state index >= 15 is 0 Å².